The summed E-state index contributed by atoms with van der Waals surface area (Å²) in [5, 5.41) is 9.03. The van der Waals surface area contributed by atoms with Crippen molar-refractivity contribution in [3.8, 4) is 0 Å². The first-order chi connectivity index (χ1) is 8.49. The van der Waals surface area contributed by atoms with Crippen molar-refractivity contribution in [2.24, 2.45) is 5.92 Å². The number of cyclic esters (lactones) is 1. The number of carbonyl (C=O) groups is 2. The molecule has 18 heavy (non-hydrogen) atoms. The lowest BCUT2D eigenvalue weighted by Gasteiger charge is -2.23. The van der Waals surface area contributed by atoms with Gasteiger partial charge in [-0.3, -0.25) is 4.90 Å². The maximum Gasteiger partial charge on any atom is 0.410 e. The molecule has 2 fully saturated rings. The number of carboxylic acids is 1. The quantitative estimate of drug-likeness (QED) is 0.798. The molecular formula is C12H20N2O4. The monoisotopic (exact) mass is 256 g/mol. The number of amides is 1. The Morgan fingerprint density at radius 3 is 2.83 bits per heavy atom. The van der Waals surface area contributed by atoms with Crippen molar-refractivity contribution in [1.29, 1.82) is 0 Å². The van der Waals surface area contributed by atoms with Crippen LogP contribution in [0.4, 0.5) is 4.79 Å². The SMILES string of the molecule is CC(C)N1CCC(CN2C(=O)OCC2C(=O)O)C1. The van der Waals surface area contributed by atoms with Gasteiger partial charge in [-0.25, -0.2) is 9.59 Å². The molecule has 0 aliphatic carbocycles. The van der Waals surface area contributed by atoms with Crippen LogP contribution in [-0.4, -0.2) is 65.3 Å². The second-order valence-electron chi connectivity index (χ2n) is 5.33. The molecule has 6 nitrogen and oxygen atoms in total. The minimum atomic E-state index is -0.987. The van der Waals surface area contributed by atoms with Crippen LogP contribution in [0.25, 0.3) is 0 Å². The van der Waals surface area contributed by atoms with E-state index in [-0.39, 0.29) is 6.61 Å². The van der Waals surface area contributed by atoms with E-state index in [9.17, 15) is 9.59 Å². The zero-order chi connectivity index (χ0) is 13.3. The first-order valence-corrected chi connectivity index (χ1v) is 6.39. The van der Waals surface area contributed by atoms with Gasteiger partial charge in [0.25, 0.3) is 0 Å². The van der Waals surface area contributed by atoms with Gasteiger partial charge in [-0.2, -0.15) is 0 Å². The number of carbonyl (C=O) groups excluding carboxylic acids is 1. The third-order valence-electron chi connectivity index (χ3n) is 3.76. The molecule has 2 saturated heterocycles. The summed E-state index contributed by atoms with van der Waals surface area (Å²) in [5.41, 5.74) is 0. The fourth-order valence-corrected chi connectivity index (χ4v) is 2.62. The van der Waals surface area contributed by atoms with Crippen molar-refractivity contribution in [1.82, 2.24) is 9.80 Å². The molecule has 0 aromatic rings. The average Bonchev–Trinajstić information content (AvgIpc) is 2.88. The molecule has 2 unspecified atom stereocenters. The van der Waals surface area contributed by atoms with Gasteiger partial charge in [0.2, 0.25) is 0 Å². The topological polar surface area (TPSA) is 70.1 Å². The Morgan fingerprint density at radius 2 is 2.28 bits per heavy atom. The highest BCUT2D eigenvalue weighted by molar-refractivity contribution is 5.82. The van der Waals surface area contributed by atoms with Crippen molar-refractivity contribution in [3.63, 3.8) is 0 Å². The van der Waals surface area contributed by atoms with Crippen molar-refractivity contribution in [2.75, 3.05) is 26.2 Å². The van der Waals surface area contributed by atoms with Gasteiger partial charge in [0.1, 0.15) is 6.61 Å². The van der Waals surface area contributed by atoms with E-state index >= 15 is 0 Å². The molecular weight excluding hydrogens is 236 g/mol. The van der Waals surface area contributed by atoms with E-state index in [2.05, 4.69) is 18.7 Å². The van der Waals surface area contributed by atoms with E-state index in [1.807, 2.05) is 0 Å². The number of hydrogen-bond acceptors (Lipinski definition) is 4. The minimum Gasteiger partial charge on any atom is -0.480 e. The fraction of sp³-hybridized carbons (Fsp3) is 0.833. The number of rotatable bonds is 4. The Morgan fingerprint density at radius 1 is 1.56 bits per heavy atom. The summed E-state index contributed by atoms with van der Waals surface area (Å²) in [6.45, 7) is 6.68. The van der Waals surface area contributed by atoms with Crippen molar-refractivity contribution in [2.45, 2.75) is 32.4 Å². The Balaban J connectivity index is 1.93. The van der Waals surface area contributed by atoms with Crippen LogP contribution in [0.15, 0.2) is 0 Å². The maximum absolute atomic E-state index is 11.5. The molecule has 1 amide bonds. The second kappa shape index (κ2) is 5.14. The molecule has 0 radical (unpaired) electrons. The number of aliphatic carboxylic acids is 1. The molecule has 0 aromatic heterocycles. The standard InChI is InChI=1S/C12H20N2O4/c1-8(2)13-4-3-9(5-13)6-14-10(11(15)16)7-18-12(14)17/h8-10H,3-7H2,1-2H3,(H,15,16). The highest BCUT2D eigenvalue weighted by Crippen LogP contribution is 2.22. The van der Waals surface area contributed by atoms with Crippen LogP contribution in [0.3, 0.4) is 0 Å². The minimum absolute atomic E-state index is 0.0330. The molecule has 0 aromatic carbocycles. The van der Waals surface area contributed by atoms with E-state index in [1.54, 1.807) is 0 Å². The lowest BCUT2D eigenvalue weighted by Crippen LogP contribution is -2.42. The number of nitrogens with zero attached hydrogens (tertiary/aromatic N) is 2. The van der Waals surface area contributed by atoms with Crippen LogP contribution in [0.2, 0.25) is 0 Å². The first-order valence-electron chi connectivity index (χ1n) is 6.39. The summed E-state index contributed by atoms with van der Waals surface area (Å²) in [7, 11) is 0. The van der Waals surface area contributed by atoms with Crippen molar-refractivity contribution < 1.29 is 19.4 Å². The highest BCUT2D eigenvalue weighted by Gasteiger charge is 2.40. The summed E-state index contributed by atoms with van der Waals surface area (Å²) < 4.78 is 4.82. The van der Waals surface area contributed by atoms with Crippen LogP contribution in [0, 0.1) is 5.92 Å². The molecule has 2 atom stereocenters. The van der Waals surface area contributed by atoms with E-state index in [4.69, 9.17) is 9.84 Å². The van der Waals surface area contributed by atoms with Gasteiger partial charge < -0.3 is 14.7 Å². The number of hydrogen-bond donors (Lipinski definition) is 1. The van der Waals surface area contributed by atoms with Gasteiger partial charge >= 0.3 is 12.1 Å². The predicted octanol–water partition coefficient (Wildman–Crippen LogP) is 0.622. The number of carboxylic acid groups (broad SMARTS) is 1. The zero-order valence-electron chi connectivity index (χ0n) is 10.8. The summed E-state index contributed by atoms with van der Waals surface area (Å²) in [4.78, 5) is 26.2. The maximum atomic E-state index is 11.5. The molecule has 102 valence electrons. The predicted molar refractivity (Wildman–Crippen MR) is 64.3 cm³/mol. The Kier molecular flexibility index (Phi) is 3.75. The van der Waals surface area contributed by atoms with E-state index < -0.39 is 18.1 Å². The van der Waals surface area contributed by atoms with Gasteiger partial charge in [0.05, 0.1) is 0 Å². The normalized spacial score (nSPS) is 29.1. The van der Waals surface area contributed by atoms with Gasteiger partial charge in [-0.15, -0.1) is 0 Å². The summed E-state index contributed by atoms with van der Waals surface area (Å²) >= 11 is 0. The third-order valence-corrected chi connectivity index (χ3v) is 3.76. The van der Waals surface area contributed by atoms with Gasteiger partial charge in [0.15, 0.2) is 6.04 Å². The fourth-order valence-electron chi connectivity index (χ4n) is 2.62. The van der Waals surface area contributed by atoms with Gasteiger partial charge in [-0.05, 0) is 32.7 Å². The molecule has 0 saturated carbocycles. The molecule has 2 aliphatic heterocycles. The van der Waals surface area contributed by atoms with Crippen LogP contribution in [0.5, 0.6) is 0 Å². The highest BCUT2D eigenvalue weighted by atomic mass is 16.6. The summed E-state index contributed by atoms with van der Waals surface area (Å²) in [5.74, 6) is -0.639. The van der Waals surface area contributed by atoms with Crippen molar-refractivity contribution >= 4 is 12.1 Å². The van der Waals surface area contributed by atoms with Crippen LogP contribution in [-0.2, 0) is 9.53 Å². The van der Waals surface area contributed by atoms with Crippen molar-refractivity contribution in [3.05, 3.63) is 0 Å². The summed E-state index contributed by atoms with van der Waals surface area (Å²) in [6.07, 6.45) is 0.513. The first kappa shape index (κ1) is 13.1. The smallest absolute Gasteiger partial charge is 0.410 e. The number of likely N-dealkylation sites (tertiary alicyclic amines) is 1. The molecule has 0 bridgehead atoms. The Bertz CT molecular complexity index is 345. The molecule has 2 heterocycles. The average molecular weight is 256 g/mol. The van der Waals surface area contributed by atoms with Gasteiger partial charge in [-0.1, -0.05) is 0 Å². The third kappa shape index (κ3) is 2.58. The molecule has 6 heteroatoms. The largest absolute Gasteiger partial charge is 0.480 e. The molecule has 2 aliphatic rings. The molecule has 1 N–H and O–H groups in total. The van der Waals surface area contributed by atoms with E-state index in [0.29, 0.717) is 18.5 Å². The van der Waals surface area contributed by atoms with Crippen LogP contribution in [0.1, 0.15) is 20.3 Å². The van der Waals surface area contributed by atoms with E-state index in [0.717, 1.165) is 19.5 Å². The Hall–Kier alpha value is -1.30. The molecule has 0 spiro atoms. The van der Waals surface area contributed by atoms with E-state index in [1.165, 1.54) is 4.90 Å². The van der Waals surface area contributed by atoms with Crippen LogP contribution >= 0.6 is 0 Å². The summed E-state index contributed by atoms with van der Waals surface area (Å²) in [6, 6.07) is -0.318. The second-order valence-corrected chi connectivity index (χ2v) is 5.33. The van der Waals surface area contributed by atoms with Crippen LogP contribution < -0.4 is 0 Å². The lowest BCUT2D eigenvalue weighted by molar-refractivity contribution is -0.141. The molecule has 2 rings (SSSR count). The Labute approximate surface area is 106 Å². The zero-order valence-corrected chi connectivity index (χ0v) is 10.8. The van der Waals surface area contributed by atoms with Gasteiger partial charge in [0, 0.05) is 19.1 Å². The lowest BCUT2D eigenvalue weighted by atomic mass is 10.1. The number of ether oxygens (including phenoxy) is 1.